The van der Waals surface area contributed by atoms with E-state index < -0.39 is 11.9 Å². The molecule has 0 aliphatic heterocycles. The molecule has 4 rings (SSSR count). The Kier molecular flexibility index (Phi) is 5.48. The fraction of sp³-hybridized carbons (Fsp3) is 0.250. The Labute approximate surface area is 179 Å². The highest BCUT2D eigenvalue weighted by atomic mass is 35.5. The highest BCUT2D eigenvalue weighted by Crippen LogP contribution is 2.32. The van der Waals surface area contributed by atoms with E-state index in [4.69, 9.17) is 16.3 Å². The summed E-state index contributed by atoms with van der Waals surface area (Å²) in [6.45, 7) is 3.66. The van der Waals surface area contributed by atoms with E-state index in [9.17, 15) is 13.2 Å². The SMILES string of the molecule is CC(C)n1cc(C(F)(F)F)nc1-c1ccc(COc2nc(Cl)nc3cccnc23)cn1. The average Bonchev–Trinajstić information content (AvgIpc) is 3.19. The second-order valence-corrected chi connectivity index (χ2v) is 7.30. The fourth-order valence-electron chi connectivity index (χ4n) is 2.92. The van der Waals surface area contributed by atoms with Gasteiger partial charge in [0.15, 0.2) is 17.0 Å². The third-order valence-corrected chi connectivity index (χ3v) is 4.57. The third-order valence-electron chi connectivity index (χ3n) is 4.40. The standard InChI is InChI=1S/C20H16ClF3N6O/c1-11(2)30-9-15(20(22,23)24)28-17(30)14-6-5-12(8-26-14)10-31-18-16-13(4-3-7-25-16)27-19(21)29-18/h3-9,11H,10H2,1-2H3. The van der Waals surface area contributed by atoms with Crippen molar-refractivity contribution in [1.82, 2.24) is 29.5 Å². The van der Waals surface area contributed by atoms with Gasteiger partial charge in [-0.15, -0.1) is 0 Å². The number of imidazole rings is 1. The van der Waals surface area contributed by atoms with E-state index >= 15 is 0 Å². The van der Waals surface area contributed by atoms with Gasteiger partial charge in [-0.3, -0.25) is 4.98 Å². The number of ether oxygens (including phenoxy) is 1. The molecule has 0 fully saturated rings. The molecule has 0 atom stereocenters. The summed E-state index contributed by atoms with van der Waals surface area (Å²) in [4.78, 5) is 20.4. The Bertz CT molecular complexity index is 1220. The van der Waals surface area contributed by atoms with Gasteiger partial charge >= 0.3 is 6.18 Å². The lowest BCUT2D eigenvalue weighted by molar-refractivity contribution is -0.140. The molecule has 0 spiro atoms. The van der Waals surface area contributed by atoms with Gasteiger partial charge in [0.1, 0.15) is 12.3 Å². The van der Waals surface area contributed by atoms with Crippen LogP contribution in [0.15, 0.2) is 42.9 Å². The lowest BCUT2D eigenvalue weighted by Gasteiger charge is -2.11. The maximum absolute atomic E-state index is 13.1. The molecule has 0 bridgehead atoms. The van der Waals surface area contributed by atoms with Crippen LogP contribution in [0.4, 0.5) is 13.2 Å². The van der Waals surface area contributed by atoms with Crippen LogP contribution in [0, 0.1) is 0 Å². The monoisotopic (exact) mass is 448 g/mol. The molecule has 4 aromatic heterocycles. The molecule has 0 radical (unpaired) electrons. The zero-order valence-electron chi connectivity index (χ0n) is 16.4. The van der Waals surface area contributed by atoms with Crippen LogP contribution in [0.25, 0.3) is 22.6 Å². The number of nitrogens with zero attached hydrogens (tertiary/aromatic N) is 6. The predicted octanol–water partition coefficient (Wildman–Crippen LogP) is 5.12. The number of halogens is 4. The van der Waals surface area contributed by atoms with Gasteiger partial charge in [0, 0.05) is 30.2 Å². The first kappa shape index (κ1) is 21.0. The van der Waals surface area contributed by atoms with Crippen molar-refractivity contribution >= 4 is 22.6 Å². The summed E-state index contributed by atoms with van der Waals surface area (Å²) in [5.41, 5.74) is 1.07. The van der Waals surface area contributed by atoms with Crippen molar-refractivity contribution in [3.63, 3.8) is 0 Å². The summed E-state index contributed by atoms with van der Waals surface area (Å²) < 4.78 is 46.4. The van der Waals surface area contributed by atoms with E-state index in [2.05, 4.69) is 24.9 Å². The molecular formula is C20H16ClF3N6O. The van der Waals surface area contributed by atoms with E-state index in [1.54, 1.807) is 44.3 Å². The van der Waals surface area contributed by atoms with Gasteiger partial charge in [-0.2, -0.15) is 18.2 Å². The topological polar surface area (TPSA) is 78.6 Å². The fourth-order valence-corrected chi connectivity index (χ4v) is 3.09. The van der Waals surface area contributed by atoms with Crippen molar-refractivity contribution in [2.24, 2.45) is 0 Å². The van der Waals surface area contributed by atoms with E-state index in [1.165, 1.54) is 10.8 Å². The average molecular weight is 449 g/mol. The summed E-state index contributed by atoms with van der Waals surface area (Å²) in [5, 5.41) is 0.0324. The Hall–Kier alpha value is -3.27. The lowest BCUT2D eigenvalue weighted by Crippen LogP contribution is -2.05. The van der Waals surface area contributed by atoms with Crippen molar-refractivity contribution in [3.05, 3.63) is 59.4 Å². The predicted molar refractivity (Wildman–Crippen MR) is 108 cm³/mol. The Balaban J connectivity index is 1.57. The second kappa shape index (κ2) is 8.10. The third kappa shape index (κ3) is 4.43. The second-order valence-electron chi connectivity index (χ2n) is 6.96. The van der Waals surface area contributed by atoms with Crippen LogP contribution in [0.3, 0.4) is 0 Å². The molecule has 0 saturated heterocycles. The minimum atomic E-state index is -4.53. The Morgan fingerprint density at radius 2 is 1.90 bits per heavy atom. The molecular weight excluding hydrogens is 433 g/mol. The van der Waals surface area contributed by atoms with Crippen molar-refractivity contribution in [2.75, 3.05) is 0 Å². The molecule has 11 heteroatoms. The maximum atomic E-state index is 13.1. The van der Waals surface area contributed by atoms with Crippen molar-refractivity contribution < 1.29 is 17.9 Å². The van der Waals surface area contributed by atoms with E-state index in [1.807, 2.05) is 0 Å². The molecule has 0 aromatic carbocycles. The number of fused-ring (bicyclic) bond motifs is 1. The Morgan fingerprint density at radius 1 is 1.10 bits per heavy atom. The van der Waals surface area contributed by atoms with Crippen LogP contribution < -0.4 is 4.74 Å². The van der Waals surface area contributed by atoms with Crippen molar-refractivity contribution in [3.8, 4) is 17.4 Å². The first-order chi connectivity index (χ1) is 14.7. The van der Waals surface area contributed by atoms with E-state index in [-0.39, 0.29) is 29.6 Å². The number of pyridine rings is 2. The first-order valence-corrected chi connectivity index (χ1v) is 9.62. The molecule has 7 nitrogen and oxygen atoms in total. The summed E-state index contributed by atoms with van der Waals surface area (Å²) in [6, 6.07) is 6.55. The molecule has 0 unspecified atom stereocenters. The minimum Gasteiger partial charge on any atom is -0.471 e. The van der Waals surface area contributed by atoms with Crippen molar-refractivity contribution in [1.29, 1.82) is 0 Å². The highest BCUT2D eigenvalue weighted by Gasteiger charge is 2.35. The van der Waals surface area contributed by atoms with E-state index in [0.29, 0.717) is 22.3 Å². The molecule has 0 aliphatic carbocycles. The molecule has 4 aromatic rings. The van der Waals surface area contributed by atoms with Crippen LogP contribution in [-0.4, -0.2) is 29.5 Å². The largest absolute Gasteiger partial charge is 0.471 e. The number of hydrogen-bond acceptors (Lipinski definition) is 6. The van der Waals surface area contributed by atoms with Crippen molar-refractivity contribution in [2.45, 2.75) is 32.7 Å². The van der Waals surface area contributed by atoms with Gasteiger partial charge in [-0.25, -0.2) is 15.0 Å². The first-order valence-electron chi connectivity index (χ1n) is 9.25. The van der Waals surface area contributed by atoms with Gasteiger partial charge in [0.05, 0.1) is 5.52 Å². The molecule has 0 aliphatic rings. The molecule has 0 amide bonds. The molecule has 4 heterocycles. The molecule has 0 N–H and O–H groups in total. The number of aromatic nitrogens is 6. The maximum Gasteiger partial charge on any atom is 0.434 e. The molecule has 160 valence electrons. The highest BCUT2D eigenvalue weighted by molar-refractivity contribution is 6.28. The van der Waals surface area contributed by atoms with Crippen LogP contribution in [-0.2, 0) is 12.8 Å². The number of rotatable bonds is 5. The summed E-state index contributed by atoms with van der Waals surface area (Å²) in [6.07, 6.45) is -0.427. The van der Waals surface area contributed by atoms with Gasteiger partial charge in [0.25, 0.3) is 0 Å². The normalized spacial score (nSPS) is 12.0. The van der Waals surface area contributed by atoms with Gasteiger partial charge < -0.3 is 9.30 Å². The number of alkyl halides is 3. The van der Waals surface area contributed by atoms with Crippen LogP contribution in [0.2, 0.25) is 5.28 Å². The zero-order chi connectivity index (χ0) is 22.2. The van der Waals surface area contributed by atoms with Gasteiger partial charge in [-0.1, -0.05) is 6.07 Å². The van der Waals surface area contributed by atoms with Crippen LogP contribution in [0.5, 0.6) is 5.88 Å². The Morgan fingerprint density at radius 3 is 2.58 bits per heavy atom. The quantitative estimate of drug-likeness (QED) is 0.394. The van der Waals surface area contributed by atoms with Crippen LogP contribution >= 0.6 is 11.6 Å². The van der Waals surface area contributed by atoms with Gasteiger partial charge in [0.2, 0.25) is 11.2 Å². The van der Waals surface area contributed by atoms with E-state index in [0.717, 1.165) is 6.20 Å². The number of hydrogen-bond donors (Lipinski definition) is 0. The van der Waals surface area contributed by atoms with Gasteiger partial charge in [-0.05, 0) is 43.6 Å². The van der Waals surface area contributed by atoms with Crippen LogP contribution in [0.1, 0.15) is 31.1 Å². The minimum absolute atomic E-state index is 0.0324. The smallest absolute Gasteiger partial charge is 0.434 e. The summed E-state index contributed by atoms with van der Waals surface area (Å²) >= 11 is 5.94. The summed E-state index contributed by atoms with van der Waals surface area (Å²) in [5.74, 6) is 0.373. The summed E-state index contributed by atoms with van der Waals surface area (Å²) in [7, 11) is 0. The molecule has 0 saturated carbocycles. The lowest BCUT2D eigenvalue weighted by atomic mass is 10.2. The zero-order valence-corrected chi connectivity index (χ0v) is 17.2. The molecule has 31 heavy (non-hydrogen) atoms.